The van der Waals surface area contributed by atoms with Gasteiger partial charge in [-0.25, -0.2) is 0 Å². The van der Waals surface area contributed by atoms with Crippen LogP contribution in [-0.2, 0) is 6.42 Å². The van der Waals surface area contributed by atoms with E-state index in [4.69, 9.17) is 13.9 Å². The average Bonchev–Trinajstić information content (AvgIpc) is 3.55. The first-order valence-electron chi connectivity index (χ1n) is 12.4. The first-order chi connectivity index (χ1) is 18.1. The van der Waals surface area contributed by atoms with Crippen molar-refractivity contribution < 1.29 is 23.8 Å². The number of ether oxygens (including phenoxy) is 2. The van der Waals surface area contributed by atoms with Gasteiger partial charge in [0.15, 0.2) is 11.3 Å². The second kappa shape index (κ2) is 10.8. The molecule has 0 spiro atoms. The Hall–Kier alpha value is -4.23. The minimum absolute atomic E-state index is 0.195. The predicted molar refractivity (Wildman–Crippen MR) is 144 cm³/mol. The summed E-state index contributed by atoms with van der Waals surface area (Å²) in [5, 5.41) is 15.1. The third-order valence-electron chi connectivity index (χ3n) is 6.40. The van der Waals surface area contributed by atoms with Crippen molar-refractivity contribution in [1.29, 1.82) is 0 Å². The minimum Gasteiger partial charge on any atom is -0.493 e. The highest BCUT2D eigenvalue weighted by Crippen LogP contribution is 2.35. The van der Waals surface area contributed by atoms with E-state index in [1.54, 1.807) is 19.2 Å². The molecule has 0 saturated carbocycles. The fourth-order valence-corrected chi connectivity index (χ4v) is 4.53. The zero-order chi connectivity index (χ0) is 25.8. The van der Waals surface area contributed by atoms with Gasteiger partial charge < -0.3 is 29.3 Å². The molecular weight excluding hydrogens is 468 g/mol. The second-order valence-electron chi connectivity index (χ2n) is 8.97. The smallest absolute Gasteiger partial charge is 0.255 e. The highest BCUT2D eigenvalue weighted by Gasteiger charge is 2.21. The lowest BCUT2D eigenvalue weighted by atomic mass is 10.0. The summed E-state index contributed by atoms with van der Waals surface area (Å²) in [4.78, 5) is 16.7. The van der Waals surface area contributed by atoms with Crippen LogP contribution in [-0.4, -0.2) is 42.4 Å². The number of furan rings is 1. The number of carbonyl (C=O) groups excluding carboxylic acids is 1. The summed E-state index contributed by atoms with van der Waals surface area (Å²) in [5.41, 5.74) is 3.82. The molecule has 1 unspecified atom stereocenters. The Labute approximate surface area is 215 Å². The fraction of sp³-hybridized carbons (Fsp3) is 0.233. The van der Waals surface area contributed by atoms with E-state index in [-0.39, 0.29) is 12.5 Å². The molecule has 0 aliphatic heterocycles. The van der Waals surface area contributed by atoms with Crippen molar-refractivity contribution in [3.05, 3.63) is 84.1 Å². The topological polar surface area (TPSA) is 96.7 Å². The summed E-state index contributed by atoms with van der Waals surface area (Å²) in [7, 11) is 1.60. The summed E-state index contributed by atoms with van der Waals surface area (Å²) in [6.07, 6.45) is 3.22. The molecule has 0 aliphatic rings. The number of H-pyrrole nitrogens is 1. The molecule has 7 heteroatoms. The van der Waals surface area contributed by atoms with Crippen LogP contribution in [0.5, 0.6) is 11.5 Å². The van der Waals surface area contributed by atoms with Gasteiger partial charge in [-0.1, -0.05) is 37.3 Å². The summed E-state index contributed by atoms with van der Waals surface area (Å²) < 4.78 is 17.4. The second-order valence-corrected chi connectivity index (χ2v) is 8.97. The van der Waals surface area contributed by atoms with E-state index in [0.29, 0.717) is 41.4 Å². The van der Waals surface area contributed by atoms with E-state index >= 15 is 0 Å². The monoisotopic (exact) mass is 498 g/mol. The molecule has 0 saturated heterocycles. The van der Waals surface area contributed by atoms with E-state index in [9.17, 15) is 9.90 Å². The number of amides is 1. The lowest BCUT2D eigenvalue weighted by molar-refractivity contribution is 0.0912. The SMILES string of the molecule is CCCOc1ccc(-c2cc3cccc(OC)c3o2)cc1C(=O)NC(CO)Cc1c[nH]c2ccccc12. The number of nitrogens with one attached hydrogen (secondary N) is 2. The minimum atomic E-state index is -0.468. The van der Waals surface area contributed by atoms with Gasteiger partial charge in [-0.3, -0.25) is 4.79 Å². The van der Waals surface area contributed by atoms with Crippen molar-refractivity contribution in [2.45, 2.75) is 25.8 Å². The normalized spacial score (nSPS) is 12.1. The number of aliphatic hydroxyl groups excluding tert-OH is 1. The van der Waals surface area contributed by atoms with Gasteiger partial charge in [0.25, 0.3) is 5.91 Å². The number of benzene rings is 3. The number of fused-ring (bicyclic) bond motifs is 2. The van der Waals surface area contributed by atoms with Crippen molar-refractivity contribution in [1.82, 2.24) is 10.3 Å². The third-order valence-corrected chi connectivity index (χ3v) is 6.40. The summed E-state index contributed by atoms with van der Waals surface area (Å²) in [6, 6.07) is 20.6. The third kappa shape index (κ3) is 5.04. The number of hydrogen-bond acceptors (Lipinski definition) is 5. The Morgan fingerprint density at radius 3 is 2.76 bits per heavy atom. The molecule has 0 radical (unpaired) electrons. The van der Waals surface area contributed by atoms with E-state index in [2.05, 4.69) is 10.3 Å². The van der Waals surface area contributed by atoms with Crippen molar-refractivity contribution >= 4 is 27.8 Å². The Kier molecular flexibility index (Phi) is 7.14. The van der Waals surface area contributed by atoms with Gasteiger partial charge >= 0.3 is 0 Å². The standard InChI is InChI=1S/C30H30N2O5/c1-3-13-36-26-12-11-19(28-16-20-7-6-10-27(35-2)29(20)37-28)15-24(26)30(34)32-22(18-33)14-21-17-31-25-9-5-4-8-23(21)25/h4-12,15-17,22,31,33H,3,13-14,18H2,1-2H3,(H,32,34). The van der Waals surface area contributed by atoms with Crippen LogP contribution in [0.15, 0.2) is 77.3 Å². The molecular formula is C30H30N2O5. The first kappa shape index (κ1) is 24.5. The Morgan fingerprint density at radius 1 is 1.08 bits per heavy atom. The van der Waals surface area contributed by atoms with Gasteiger partial charge in [-0.15, -0.1) is 0 Å². The molecule has 1 amide bonds. The Balaban J connectivity index is 1.44. The van der Waals surface area contributed by atoms with Gasteiger partial charge in [0.2, 0.25) is 0 Å². The molecule has 3 N–H and O–H groups in total. The van der Waals surface area contributed by atoms with Gasteiger partial charge in [-0.2, -0.15) is 0 Å². The molecule has 7 nitrogen and oxygen atoms in total. The molecule has 1 atom stereocenters. The van der Waals surface area contributed by atoms with Gasteiger partial charge in [0.05, 0.1) is 31.9 Å². The maximum Gasteiger partial charge on any atom is 0.255 e. The van der Waals surface area contributed by atoms with Crippen LogP contribution >= 0.6 is 0 Å². The number of hydrogen-bond donors (Lipinski definition) is 3. The van der Waals surface area contributed by atoms with Crippen LogP contribution < -0.4 is 14.8 Å². The van der Waals surface area contributed by atoms with Crippen molar-refractivity contribution in [3.63, 3.8) is 0 Å². The fourth-order valence-electron chi connectivity index (χ4n) is 4.53. The quantitative estimate of drug-likeness (QED) is 0.229. The molecule has 0 fully saturated rings. The average molecular weight is 499 g/mol. The highest BCUT2D eigenvalue weighted by atomic mass is 16.5. The number of aliphatic hydroxyl groups is 1. The molecule has 2 aromatic heterocycles. The Bertz CT molecular complexity index is 1530. The van der Waals surface area contributed by atoms with Crippen LogP contribution in [0, 0.1) is 0 Å². The number of para-hydroxylation sites is 2. The molecule has 37 heavy (non-hydrogen) atoms. The molecule has 5 aromatic rings. The summed E-state index contributed by atoms with van der Waals surface area (Å²) in [5.74, 6) is 1.43. The molecule has 3 aromatic carbocycles. The van der Waals surface area contributed by atoms with Gasteiger partial charge in [0.1, 0.15) is 11.5 Å². The first-order valence-corrected chi connectivity index (χ1v) is 12.4. The Morgan fingerprint density at radius 2 is 1.95 bits per heavy atom. The zero-order valence-electron chi connectivity index (χ0n) is 20.9. The van der Waals surface area contributed by atoms with Gasteiger partial charge in [-0.05, 0) is 54.8 Å². The van der Waals surface area contributed by atoms with Crippen molar-refractivity contribution in [2.24, 2.45) is 0 Å². The molecule has 5 rings (SSSR count). The van der Waals surface area contributed by atoms with Crippen LogP contribution in [0.25, 0.3) is 33.2 Å². The maximum atomic E-state index is 13.5. The van der Waals surface area contributed by atoms with Crippen LogP contribution in [0.2, 0.25) is 0 Å². The highest BCUT2D eigenvalue weighted by molar-refractivity contribution is 5.99. The number of aromatic nitrogens is 1. The molecule has 2 heterocycles. The molecule has 190 valence electrons. The van der Waals surface area contributed by atoms with Crippen LogP contribution in [0.1, 0.15) is 29.3 Å². The molecule has 0 aliphatic carbocycles. The maximum absolute atomic E-state index is 13.5. The van der Waals surface area contributed by atoms with E-state index in [1.807, 2.05) is 67.7 Å². The lowest BCUT2D eigenvalue weighted by Gasteiger charge is -2.18. The van der Waals surface area contributed by atoms with Crippen molar-refractivity contribution in [3.8, 4) is 22.8 Å². The summed E-state index contributed by atoms with van der Waals surface area (Å²) in [6.45, 7) is 2.30. The van der Waals surface area contributed by atoms with Crippen LogP contribution in [0.4, 0.5) is 0 Å². The molecule has 0 bridgehead atoms. The predicted octanol–water partition coefficient (Wildman–Crippen LogP) is 5.71. The van der Waals surface area contributed by atoms with E-state index < -0.39 is 6.04 Å². The zero-order valence-corrected chi connectivity index (χ0v) is 20.9. The summed E-state index contributed by atoms with van der Waals surface area (Å²) >= 11 is 0. The number of carbonyl (C=O) groups is 1. The number of rotatable bonds is 10. The van der Waals surface area contributed by atoms with Crippen LogP contribution in [0.3, 0.4) is 0 Å². The lowest BCUT2D eigenvalue weighted by Crippen LogP contribution is -2.39. The van der Waals surface area contributed by atoms with E-state index in [1.165, 1.54) is 0 Å². The largest absolute Gasteiger partial charge is 0.493 e. The van der Waals surface area contributed by atoms with E-state index in [0.717, 1.165) is 33.8 Å². The number of methoxy groups -OCH3 is 1. The number of aromatic amines is 1. The van der Waals surface area contributed by atoms with Crippen molar-refractivity contribution in [2.75, 3.05) is 20.3 Å². The van der Waals surface area contributed by atoms with Gasteiger partial charge in [0, 0.05) is 28.0 Å².